The Morgan fingerprint density at radius 2 is 1.56 bits per heavy atom. The molecule has 0 bridgehead atoms. The summed E-state index contributed by atoms with van der Waals surface area (Å²) >= 11 is 0. The van der Waals surface area contributed by atoms with Gasteiger partial charge in [-0.3, -0.25) is 9.59 Å². The zero-order valence-corrected chi connectivity index (χ0v) is 10.5. The van der Waals surface area contributed by atoms with Gasteiger partial charge in [-0.2, -0.15) is 0 Å². The van der Waals surface area contributed by atoms with E-state index in [1.54, 1.807) is 0 Å². The molecule has 93 valence electrons. The average molecular weight is 229 g/mol. The molecule has 0 aromatic carbocycles. The maximum absolute atomic E-state index is 11.3. The molecular weight excluding hydrogens is 208 g/mol. The summed E-state index contributed by atoms with van der Waals surface area (Å²) in [5, 5.41) is 0. The van der Waals surface area contributed by atoms with Gasteiger partial charge in [0.05, 0.1) is 7.11 Å². The fraction of sp³-hybridized carbons (Fsp3) is 0.750. The highest BCUT2D eigenvalue weighted by Crippen LogP contribution is 2.10. The number of ether oxygens (including phenoxy) is 2. The molecule has 0 aromatic rings. The molecule has 0 saturated heterocycles. The lowest BCUT2D eigenvalue weighted by atomic mass is 10.1. The molecule has 0 aromatic heterocycles. The topological polar surface area (TPSA) is 52.6 Å². The van der Waals surface area contributed by atoms with Gasteiger partial charge in [-0.15, -0.1) is 0 Å². The van der Waals surface area contributed by atoms with E-state index in [1.165, 1.54) is 7.11 Å². The molecule has 0 aliphatic carbocycles. The van der Waals surface area contributed by atoms with Gasteiger partial charge in [0.2, 0.25) is 0 Å². The van der Waals surface area contributed by atoms with Gasteiger partial charge in [0, 0.05) is 12.8 Å². The first-order valence-corrected chi connectivity index (χ1v) is 5.45. The summed E-state index contributed by atoms with van der Waals surface area (Å²) in [6, 6.07) is 0. The van der Waals surface area contributed by atoms with Crippen molar-refractivity contribution in [1.29, 1.82) is 0 Å². The van der Waals surface area contributed by atoms with Crippen molar-refractivity contribution in [2.45, 2.75) is 52.1 Å². The summed E-state index contributed by atoms with van der Waals surface area (Å²) in [6.45, 7) is 5.52. The lowest BCUT2D eigenvalue weighted by Crippen LogP contribution is -2.23. The summed E-state index contributed by atoms with van der Waals surface area (Å²) in [5.74, 6) is -0.435. The van der Waals surface area contributed by atoms with Gasteiger partial charge in [0.25, 0.3) is 0 Å². The first-order chi connectivity index (χ1) is 7.35. The Morgan fingerprint density at radius 3 is 2.00 bits per heavy atom. The van der Waals surface area contributed by atoms with Crippen LogP contribution in [0.4, 0.5) is 0 Å². The van der Waals surface area contributed by atoms with Crippen molar-refractivity contribution in [1.82, 2.24) is 0 Å². The van der Waals surface area contributed by atoms with Crippen LogP contribution in [0.3, 0.4) is 0 Å². The summed E-state index contributed by atoms with van der Waals surface area (Å²) < 4.78 is 9.63. The van der Waals surface area contributed by atoms with Crippen LogP contribution in [0.15, 0.2) is 0 Å². The lowest BCUT2D eigenvalue weighted by Gasteiger charge is -2.19. The highest BCUT2D eigenvalue weighted by Gasteiger charge is 2.15. The van der Waals surface area contributed by atoms with Crippen molar-refractivity contribution >= 4 is 11.9 Å². The second-order valence-electron chi connectivity index (χ2n) is 4.53. The van der Waals surface area contributed by atoms with Gasteiger partial charge in [0.15, 0.2) is 0 Å². The van der Waals surface area contributed by atoms with Crippen LogP contribution < -0.4 is 0 Å². The van der Waals surface area contributed by atoms with E-state index in [1.807, 2.05) is 27.2 Å². The molecule has 0 heterocycles. The monoisotopic (exact) mass is 229 g/mol. The molecule has 1 radical (unpaired) electrons. The second kappa shape index (κ2) is 7.25. The fourth-order valence-corrected chi connectivity index (χ4v) is 1.08. The molecule has 0 rings (SSSR count). The third-order valence-electron chi connectivity index (χ3n) is 1.75. The predicted octanol–water partition coefficient (Wildman–Crippen LogP) is 2.27. The largest absolute Gasteiger partial charge is 0.469 e. The summed E-state index contributed by atoms with van der Waals surface area (Å²) in [4.78, 5) is 22.0. The molecule has 0 saturated carbocycles. The van der Waals surface area contributed by atoms with Crippen molar-refractivity contribution in [3.63, 3.8) is 0 Å². The maximum Gasteiger partial charge on any atom is 0.306 e. The minimum atomic E-state index is -0.427. The molecule has 0 N–H and O–H groups in total. The van der Waals surface area contributed by atoms with Crippen LogP contribution in [-0.4, -0.2) is 24.6 Å². The normalized spacial score (nSPS) is 11.0. The Labute approximate surface area is 97.3 Å². The zero-order valence-electron chi connectivity index (χ0n) is 10.5. The van der Waals surface area contributed by atoms with Gasteiger partial charge < -0.3 is 9.47 Å². The number of methoxy groups -OCH3 is 1. The van der Waals surface area contributed by atoms with Gasteiger partial charge in [-0.05, 0) is 40.0 Å². The van der Waals surface area contributed by atoms with Crippen molar-refractivity contribution < 1.29 is 19.1 Å². The van der Waals surface area contributed by atoms with E-state index in [9.17, 15) is 9.59 Å². The number of esters is 2. The van der Waals surface area contributed by atoms with Gasteiger partial charge in [-0.25, -0.2) is 0 Å². The van der Waals surface area contributed by atoms with Crippen LogP contribution in [0, 0.1) is 6.42 Å². The first-order valence-electron chi connectivity index (χ1n) is 5.45. The molecule has 4 nitrogen and oxygen atoms in total. The number of carbonyl (C=O) groups excluding carboxylic acids is 2. The van der Waals surface area contributed by atoms with Crippen LogP contribution >= 0.6 is 0 Å². The molecule has 0 unspecified atom stereocenters. The minimum Gasteiger partial charge on any atom is -0.469 e. The quantitative estimate of drug-likeness (QED) is 0.518. The molecule has 4 heteroatoms. The average Bonchev–Trinajstić information content (AvgIpc) is 2.14. The molecule has 0 fully saturated rings. The number of rotatable bonds is 6. The Hall–Kier alpha value is -1.06. The van der Waals surface area contributed by atoms with Crippen LogP contribution in [-0.2, 0) is 19.1 Å². The smallest absolute Gasteiger partial charge is 0.306 e. The van der Waals surface area contributed by atoms with E-state index in [0.29, 0.717) is 25.7 Å². The number of carbonyl (C=O) groups is 2. The van der Waals surface area contributed by atoms with Crippen LogP contribution in [0.5, 0.6) is 0 Å². The van der Waals surface area contributed by atoms with E-state index in [0.717, 1.165) is 0 Å². The Kier molecular flexibility index (Phi) is 6.77. The molecule has 0 aliphatic rings. The van der Waals surface area contributed by atoms with Crippen molar-refractivity contribution in [2.75, 3.05) is 7.11 Å². The number of unbranched alkanes of at least 4 members (excludes halogenated alkanes) is 2. The van der Waals surface area contributed by atoms with E-state index >= 15 is 0 Å². The predicted molar refractivity (Wildman–Crippen MR) is 60.6 cm³/mol. The highest BCUT2D eigenvalue weighted by molar-refractivity contribution is 5.70. The third-order valence-corrected chi connectivity index (χ3v) is 1.75. The van der Waals surface area contributed by atoms with Gasteiger partial charge >= 0.3 is 11.9 Å². The van der Waals surface area contributed by atoms with Crippen molar-refractivity contribution in [2.24, 2.45) is 0 Å². The molecule has 0 atom stereocenters. The summed E-state index contributed by atoms with van der Waals surface area (Å²) in [5.41, 5.74) is -0.427. The molecule has 0 aliphatic heterocycles. The summed E-state index contributed by atoms with van der Waals surface area (Å²) in [6.07, 6.45) is 3.89. The van der Waals surface area contributed by atoms with Gasteiger partial charge in [0.1, 0.15) is 5.60 Å². The second-order valence-corrected chi connectivity index (χ2v) is 4.53. The van der Waals surface area contributed by atoms with Crippen molar-refractivity contribution in [3.05, 3.63) is 6.42 Å². The molecule has 0 amide bonds. The SMILES string of the molecule is COC(=O)CC[CH]CCC(=O)OC(C)(C)C. The van der Waals surface area contributed by atoms with E-state index in [4.69, 9.17) is 4.74 Å². The van der Waals surface area contributed by atoms with Crippen LogP contribution in [0.1, 0.15) is 46.5 Å². The van der Waals surface area contributed by atoms with Crippen LogP contribution in [0.2, 0.25) is 0 Å². The van der Waals surface area contributed by atoms with Crippen molar-refractivity contribution in [3.8, 4) is 0 Å². The molecule has 0 spiro atoms. The zero-order chi connectivity index (χ0) is 12.6. The summed E-state index contributed by atoms with van der Waals surface area (Å²) in [7, 11) is 1.36. The lowest BCUT2D eigenvalue weighted by molar-refractivity contribution is -0.154. The highest BCUT2D eigenvalue weighted by atomic mass is 16.6. The Balaban J connectivity index is 3.45. The van der Waals surface area contributed by atoms with E-state index in [-0.39, 0.29) is 11.9 Å². The fourth-order valence-electron chi connectivity index (χ4n) is 1.08. The molecule has 16 heavy (non-hydrogen) atoms. The Morgan fingerprint density at radius 1 is 1.06 bits per heavy atom. The number of hydrogen-bond acceptors (Lipinski definition) is 4. The van der Waals surface area contributed by atoms with E-state index in [2.05, 4.69) is 4.74 Å². The van der Waals surface area contributed by atoms with Crippen LogP contribution in [0.25, 0.3) is 0 Å². The maximum atomic E-state index is 11.3. The van der Waals surface area contributed by atoms with E-state index < -0.39 is 5.60 Å². The Bertz CT molecular complexity index is 228. The standard InChI is InChI=1S/C12H21O4/c1-12(2,3)16-11(14)9-7-5-6-8-10(13)15-4/h5H,6-9H2,1-4H3. The van der Waals surface area contributed by atoms with Gasteiger partial charge in [-0.1, -0.05) is 0 Å². The minimum absolute atomic E-state index is 0.207. The first kappa shape index (κ1) is 14.9. The molecular formula is C12H21O4. The number of hydrogen-bond donors (Lipinski definition) is 0. The third kappa shape index (κ3) is 9.49.